The van der Waals surface area contributed by atoms with Gasteiger partial charge >= 0.3 is 0 Å². The summed E-state index contributed by atoms with van der Waals surface area (Å²) in [6.07, 6.45) is -0.815. The fourth-order valence-corrected chi connectivity index (χ4v) is 0.339. The molecule has 10 heavy (non-hydrogen) atoms. The Morgan fingerprint density at radius 1 is 1.60 bits per heavy atom. The Labute approximate surface area is 59.7 Å². The van der Waals surface area contributed by atoms with E-state index >= 15 is 0 Å². The zero-order chi connectivity index (χ0) is 7.82. The predicted octanol–water partition coefficient (Wildman–Crippen LogP) is -2.18. The van der Waals surface area contributed by atoms with Crippen molar-refractivity contribution in [3.63, 3.8) is 0 Å². The third-order valence-electron chi connectivity index (χ3n) is 0.835. The van der Waals surface area contributed by atoms with Crippen molar-refractivity contribution in [1.29, 1.82) is 0 Å². The fraction of sp³-hybridized carbons (Fsp3) is 1.00. The molecule has 0 aromatic heterocycles. The molecule has 5 N–H and O–H groups in total. The highest BCUT2D eigenvalue weighted by atomic mass is 16.6. The summed E-state index contributed by atoms with van der Waals surface area (Å²) in [5.74, 6) is 0. The van der Waals surface area contributed by atoms with Crippen LogP contribution < -0.4 is 11.2 Å². The van der Waals surface area contributed by atoms with Crippen molar-refractivity contribution >= 4 is 0 Å². The Morgan fingerprint density at radius 3 is 2.80 bits per heavy atom. The minimum Gasteiger partial charge on any atom is -0.394 e. The molecule has 0 radical (unpaired) electrons. The molecule has 0 fully saturated rings. The second kappa shape index (κ2) is 6.91. The van der Waals surface area contributed by atoms with Crippen LogP contribution in [-0.4, -0.2) is 42.6 Å². The highest BCUT2D eigenvalue weighted by Gasteiger charge is 1.99. The van der Waals surface area contributed by atoms with Crippen LogP contribution in [0.25, 0.3) is 0 Å². The van der Waals surface area contributed by atoms with Crippen LogP contribution in [0, 0.1) is 0 Å². The van der Waals surface area contributed by atoms with Gasteiger partial charge in [0.2, 0.25) is 0 Å². The van der Waals surface area contributed by atoms with Crippen molar-refractivity contribution in [2.45, 2.75) is 6.10 Å². The molecule has 0 spiro atoms. The van der Waals surface area contributed by atoms with Crippen LogP contribution in [0.2, 0.25) is 0 Å². The molecule has 0 bridgehead atoms. The Morgan fingerprint density at radius 2 is 2.30 bits per heavy atom. The quantitative estimate of drug-likeness (QED) is 0.255. The first-order chi connectivity index (χ1) is 4.81. The molecule has 1 unspecified atom stereocenters. The van der Waals surface area contributed by atoms with Crippen molar-refractivity contribution in [2.24, 2.45) is 5.73 Å². The molecular weight excluding hydrogens is 136 g/mol. The summed E-state index contributed by atoms with van der Waals surface area (Å²) in [6.45, 7) is 0.814. The minimum atomic E-state index is -0.815. The van der Waals surface area contributed by atoms with E-state index < -0.39 is 6.10 Å². The molecule has 0 aromatic carbocycles. The molecule has 0 aromatic rings. The smallest absolute Gasteiger partial charge is 0.102 e. The van der Waals surface area contributed by atoms with E-state index in [1.165, 1.54) is 0 Å². The predicted molar refractivity (Wildman–Crippen MR) is 36.1 cm³/mol. The molecule has 0 aliphatic heterocycles. The molecule has 0 saturated heterocycles. The number of aliphatic hydroxyl groups excluding tert-OH is 2. The van der Waals surface area contributed by atoms with E-state index in [1.54, 1.807) is 0 Å². The number of nitrogens with one attached hydrogen (secondary N) is 1. The Bertz CT molecular complexity index is 71.9. The number of aliphatic hydroxyl groups is 2. The molecule has 62 valence electrons. The zero-order valence-corrected chi connectivity index (χ0v) is 5.79. The first kappa shape index (κ1) is 9.80. The molecule has 5 heteroatoms. The van der Waals surface area contributed by atoms with Gasteiger partial charge in [-0.15, -0.1) is 0 Å². The van der Waals surface area contributed by atoms with E-state index in [0.717, 1.165) is 0 Å². The normalized spacial score (nSPS) is 13.5. The van der Waals surface area contributed by atoms with Gasteiger partial charge in [-0.3, -0.25) is 4.84 Å². The molecule has 0 amide bonds. The topological polar surface area (TPSA) is 87.7 Å². The SMILES string of the molecule is NCCNOCC(O)CO. The average Bonchev–Trinajstić information content (AvgIpc) is 1.98. The van der Waals surface area contributed by atoms with Crippen LogP contribution in [0.3, 0.4) is 0 Å². The first-order valence-electron chi connectivity index (χ1n) is 3.15. The van der Waals surface area contributed by atoms with Crippen LogP contribution in [-0.2, 0) is 4.84 Å². The monoisotopic (exact) mass is 150 g/mol. The van der Waals surface area contributed by atoms with Gasteiger partial charge in [0, 0.05) is 13.1 Å². The van der Waals surface area contributed by atoms with Gasteiger partial charge in [-0.2, -0.15) is 0 Å². The van der Waals surface area contributed by atoms with Crippen LogP contribution >= 0.6 is 0 Å². The minimum absolute atomic E-state index is 0.0799. The second-order valence-electron chi connectivity index (χ2n) is 1.83. The first-order valence-corrected chi connectivity index (χ1v) is 3.15. The van der Waals surface area contributed by atoms with Crippen LogP contribution in [0.5, 0.6) is 0 Å². The number of hydrogen-bond donors (Lipinski definition) is 4. The lowest BCUT2D eigenvalue weighted by Crippen LogP contribution is -2.28. The van der Waals surface area contributed by atoms with Crippen molar-refractivity contribution < 1.29 is 15.1 Å². The molecule has 0 heterocycles. The maximum atomic E-state index is 8.71. The lowest BCUT2D eigenvalue weighted by atomic mass is 10.4. The van der Waals surface area contributed by atoms with Crippen molar-refractivity contribution in [3.8, 4) is 0 Å². The van der Waals surface area contributed by atoms with Crippen LogP contribution in [0.15, 0.2) is 0 Å². The summed E-state index contributed by atoms with van der Waals surface area (Å²) >= 11 is 0. The summed E-state index contributed by atoms with van der Waals surface area (Å²) < 4.78 is 0. The fourth-order valence-electron chi connectivity index (χ4n) is 0.339. The third-order valence-corrected chi connectivity index (χ3v) is 0.835. The molecule has 1 atom stereocenters. The summed E-state index contributed by atoms with van der Waals surface area (Å²) in [7, 11) is 0. The Balaban J connectivity index is 2.89. The zero-order valence-electron chi connectivity index (χ0n) is 5.79. The van der Waals surface area contributed by atoms with Gasteiger partial charge in [0.05, 0.1) is 13.2 Å². The van der Waals surface area contributed by atoms with Crippen molar-refractivity contribution in [1.82, 2.24) is 5.48 Å². The lowest BCUT2D eigenvalue weighted by molar-refractivity contribution is -0.0358. The number of nitrogens with two attached hydrogens (primary N) is 1. The number of rotatable bonds is 6. The lowest BCUT2D eigenvalue weighted by Gasteiger charge is -2.07. The average molecular weight is 150 g/mol. The summed E-state index contributed by atoms with van der Waals surface area (Å²) in [5.41, 5.74) is 7.63. The summed E-state index contributed by atoms with van der Waals surface area (Å²) in [6, 6.07) is 0. The molecule has 0 saturated carbocycles. The van der Waals surface area contributed by atoms with E-state index in [0.29, 0.717) is 13.1 Å². The molecule has 0 aliphatic carbocycles. The number of hydrogen-bond acceptors (Lipinski definition) is 5. The van der Waals surface area contributed by atoms with Crippen molar-refractivity contribution in [2.75, 3.05) is 26.3 Å². The number of hydroxylamine groups is 1. The van der Waals surface area contributed by atoms with Gasteiger partial charge in [-0.25, -0.2) is 5.48 Å². The van der Waals surface area contributed by atoms with Gasteiger partial charge in [0.1, 0.15) is 6.10 Å². The molecule has 0 rings (SSSR count). The van der Waals surface area contributed by atoms with E-state index in [1.807, 2.05) is 0 Å². The largest absolute Gasteiger partial charge is 0.394 e. The molecule has 0 aliphatic rings. The maximum absolute atomic E-state index is 8.71. The highest BCUT2D eigenvalue weighted by Crippen LogP contribution is 1.78. The van der Waals surface area contributed by atoms with E-state index in [4.69, 9.17) is 15.9 Å². The maximum Gasteiger partial charge on any atom is 0.102 e. The van der Waals surface area contributed by atoms with E-state index in [-0.39, 0.29) is 13.2 Å². The summed E-state index contributed by atoms with van der Waals surface area (Å²) in [4.78, 5) is 4.69. The van der Waals surface area contributed by atoms with Gasteiger partial charge < -0.3 is 15.9 Å². The van der Waals surface area contributed by atoms with E-state index in [9.17, 15) is 0 Å². The van der Waals surface area contributed by atoms with Gasteiger partial charge in [0.15, 0.2) is 0 Å². The Kier molecular flexibility index (Phi) is 6.78. The standard InChI is InChI=1S/C5H14N2O3/c6-1-2-7-10-4-5(9)3-8/h5,7-9H,1-4,6H2. The van der Waals surface area contributed by atoms with Crippen LogP contribution in [0.1, 0.15) is 0 Å². The van der Waals surface area contributed by atoms with Gasteiger partial charge in [-0.05, 0) is 0 Å². The van der Waals surface area contributed by atoms with E-state index in [2.05, 4.69) is 10.3 Å². The second-order valence-corrected chi connectivity index (χ2v) is 1.83. The molecule has 5 nitrogen and oxygen atoms in total. The third kappa shape index (κ3) is 5.93. The van der Waals surface area contributed by atoms with Crippen LogP contribution in [0.4, 0.5) is 0 Å². The Hall–Kier alpha value is -0.200. The van der Waals surface area contributed by atoms with Crippen molar-refractivity contribution in [3.05, 3.63) is 0 Å². The summed E-state index contributed by atoms with van der Waals surface area (Å²) in [5, 5.41) is 17.0. The van der Waals surface area contributed by atoms with Gasteiger partial charge in [0.25, 0.3) is 0 Å². The van der Waals surface area contributed by atoms with Gasteiger partial charge in [-0.1, -0.05) is 0 Å². The highest BCUT2D eigenvalue weighted by molar-refractivity contribution is 4.47. The molecular formula is C5H14N2O3.